The molecule has 1 aliphatic heterocycles. The van der Waals surface area contributed by atoms with Crippen LogP contribution in [0.5, 0.6) is 0 Å². The third kappa shape index (κ3) is 4.92. The van der Waals surface area contributed by atoms with Crippen molar-refractivity contribution in [1.82, 2.24) is 4.72 Å². The van der Waals surface area contributed by atoms with Gasteiger partial charge in [0, 0.05) is 5.69 Å². The van der Waals surface area contributed by atoms with E-state index in [0.29, 0.717) is 30.5 Å². The fourth-order valence-electron chi connectivity index (χ4n) is 5.11. The molecule has 2 N–H and O–H groups in total. The van der Waals surface area contributed by atoms with E-state index in [9.17, 15) is 17.6 Å². The molecule has 0 radical (unpaired) electrons. The van der Waals surface area contributed by atoms with E-state index >= 15 is 0 Å². The van der Waals surface area contributed by atoms with Crippen LogP contribution in [0.15, 0.2) is 67.2 Å². The number of hydrogen-bond donors (Lipinski definition) is 2. The van der Waals surface area contributed by atoms with Crippen molar-refractivity contribution in [1.29, 1.82) is 0 Å². The van der Waals surface area contributed by atoms with Crippen LogP contribution < -0.4 is 10.0 Å². The van der Waals surface area contributed by atoms with Gasteiger partial charge in [0.25, 0.3) is 5.91 Å². The molecule has 7 heteroatoms. The summed E-state index contributed by atoms with van der Waals surface area (Å²) in [6, 6.07) is 19.3. The molecule has 1 heterocycles. The first-order chi connectivity index (χ1) is 17.5. The van der Waals surface area contributed by atoms with Crippen LogP contribution in [-0.4, -0.2) is 19.6 Å². The molecule has 5 rings (SSSR count). The summed E-state index contributed by atoms with van der Waals surface area (Å²) in [6.07, 6.45) is 1.44. The van der Waals surface area contributed by atoms with E-state index in [1.807, 2.05) is 13.0 Å². The van der Waals surface area contributed by atoms with E-state index in [1.165, 1.54) is 6.07 Å². The van der Waals surface area contributed by atoms with Gasteiger partial charge in [-0.05, 0) is 77.6 Å². The Morgan fingerprint density at radius 1 is 1.05 bits per heavy atom. The van der Waals surface area contributed by atoms with E-state index in [0.717, 1.165) is 27.8 Å². The predicted molar refractivity (Wildman–Crippen MR) is 146 cm³/mol. The standard InChI is InChI=1S/C30H31FN2O3S/c1-18(2)19-8-10-20(11-9-19)21-6-5-7-22(16-21)28-30(3,4)17-24-26(32-28)15-14-25(31)27(24)29(34)33-37(35,36)23-12-13-23/h5-11,14-16,23,28,32H,1,12-13,17H2,2-4H3,(H,33,34). The zero-order valence-corrected chi connectivity index (χ0v) is 22.1. The Morgan fingerprint density at radius 3 is 2.41 bits per heavy atom. The number of nitrogens with one attached hydrogen (secondary N) is 2. The number of halogens is 1. The van der Waals surface area contributed by atoms with Crippen molar-refractivity contribution >= 4 is 27.2 Å². The Labute approximate surface area is 217 Å². The van der Waals surface area contributed by atoms with Crippen LogP contribution >= 0.6 is 0 Å². The van der Waals surface area contributed by atoms with Gasteiger partial charge in [0.2, 0.25) is 10.0 Å². The molecule has 0 spiro atoms. The number of benzene rings is 3. The van der Waals surface area contributed by atoms with Crippen LogP contribution in [0.3, 0.4) is 0 Å². The number of carbonyl (C=O) groups is 1. The van der Waals surface area contributed by atoms with Crippen LogP contribution in [0.2, 0.25) is 0 Å². The first-order valence-corrected chi connectivity index (χ1v) is 14.0. The number of rotatable bonds is 6. The molecular formula is C30H31FN2O3S. The lowest BCUT2D eigenvalue weighted by molar-refractivity contribution is 0.0975. The average molecular weight is 519 g/mol. The van der Waals surface area contributed by atoms with E-state index in [4.69, 9.17) is 0 Å². The van der Waals surface area contributed by atoms with Gasteiger partial charge >= 0.3 is 0 Å². The molecule has 1 amide bonds. The summed E-state index contributed by atoms with van der Waals surface area (Å²) in [7, 11) is -3.79. The molecule has 0 bridgehead atoms. The summed E-state index contributed by atoms with van der Waals surface area (Å²) in [5.74, 6) is -1.63. The molecule has 37 heavy (non-hydrogen) atoms. The summed E-state index contributed by atoms with van der Waals surface area (Å²) in [4.78, 5) is 13.0. The smallest absolute Gasteiger partial charge is 0.268 e. The lowest BCUT2D eigenvalue weighted by Crippen LogP contribution is -2.38. The van der Waals surface area contributed by atoms with E-state index < -0.39 is 32.4 Å². The SMILES string of the molecule is C=C(C)c1ccc(-c2cccc(C3Nc4ccc(F)c(C(=O)NS(=O)(=O)C5CC5)c4CC3(C)C)c2)cc1. The topological polar surface area (TPSA) is 75.3 Å². The minimum absolute atomic E-state index is 0.105. The Morgan fingerprint density at radius 2 is 1.76 bits per heavy atom. The second kappa shape index (κ2) is 9.14. The minimum atomic E-state index is -3.79. The second-order valence-electron chi connectivity index (χ2n) is 10.8. The summed E-state index contributed by atoms with van der Waals surface area (Å²) in [5.41, 5.74) is 5.90. The number of hydrogen-bond acceptors (Lipinski definition) is 4. The lowest BCUT2D eigenvalue weighted by atomic mass is 9.71. The normalized spacial score (nSPS) is 18.4. The highest BCUT2D eigenvalue weighted by Crippen LogP contribution is 2.46. The molecule has 0 aromatic heterocycles. The van der Waals surface area contributed by atoms with Crippen LogP contribution in [-0.2, 0) is 16.4 Å². The molecule has 3 aromatic rings. The Balaban J connectivity index is 1.47. The quantitative estimate of drug-likeness (QED) is 0.391. The van der Waals surface area contributed by atoms with Crippen molar-refractivity contribution < 1.29 is 17.6 Å². The van der Waals surface area contributed by atoms with E-state index in [1.54, 1.807) is 6.07 Å². The number of sulfonamides is 1. The Hall–Kier alpha value is -3.45. The van der Waals surface area contributed by atoms with Gasteiger partial charge in [-0.25, -0.2) is 17.5 Å². The van der Waals surface area contributed by atoms with Gasteiger partial charge in [-0.15, -0.1) is 0 Å². The van der Waals surface area contributed by atoms with Crippen molar-refractivity contribution in [2.45, 2.75) is 51.3 Å². The van der Waals surface area contributed by atoms with Crippen molar-refractivity contribution in [2.75, 3.05) is 5.32 Å². The highest BCUT2D eigenvalue weighted by atomic mass is 32.2. The molecule has 1 saturated carbocycles. The Bertz CT molecular complexity index is 1510. The summed E-state index contributed by atoms with van der Waals surface area (Å²) in [6.45, 7) is 10.1. The van der Waals surface area contributed by atoms with Gasteiger partial charge < -0.3 is 5.32 Å². The highest BCUT2D eigenvalue weighted by Gasteiger charge is 2.41. The molecule has 1 unspecified atom stereocenters. The van der Waals surface area contributed by atoms with Crippen molar-refractivity contribution in [3.05, 3.63) is 95.3 Å². The number of carbonyl (C=O) groups excluding carboxylic acids is 1. The third-order valence-electron chi connectivity index (χ3n) is 7.33. The number of fused-ring (bicyclic) bond motifs is 1. The monoisotopic (exact) mass is 518 g/mol. The van der Waals surface area contributed by atoms with Gasteiger partial charge in [0.15, 0.2) is 0 Å². The largest absolute Gasteiger partial charge is 0.377 e. The summed E-state index contributed by atoms with van der Waals surface area (Å²) in [5, 5.41) is 2.95. The van der Waals surface area contributed by atoms with E-state index in [-0.39, 0.29) is 11.6 Å². The maximum absolute atomic E-state index is 14.9. The zero-order valence-electron chi connectivity index (χ0n) is 21.3. The van der Waals surface area contributed by atoms with Gasteiger partial charge in [-0.1, -0.05) is 68.5 Å². The van der Waals surface area contributed by atoms with Gasteiger partial charge in [-0.2, -0.15) is 0 Å². The summed E-state index contributed by atoms with van der Waals surface area (Å²) < 4.78 is 41.7. The summed E-state index contributed by atoms with van der Waals surface area (Å²) >= 11 is 0. The van der Waals surface area contributed by atoms with Gasteiger partial charge in [0.05, 0.1) is 16.9 Å². The number of amides is 1. The predicted octanol–water partition coefficient (Wildman–Crippen LogP) is 6.48. The Kier molecular flexibility index (Phi) is 6.23. The average Bonchev–Trinajstić information content (AvgIpc) is 3.69. The maximum Gasteiger partial charge on any atom is 0.268 e. The van der Waals surface area contributed by atoms with Crippen LogP contribution in [0.1, 0.15) is 66.7 Å². The zero-order chi connectivity index (χ0) is 26.5. The molecule has 3 aromatic carbocycles. The van der Waals surface area contributed by atoms with Crippen LogP contribution in [0.25, 0.3) is 16.7 Å². The van der Waals surface area contributed by atoms with Crippen molar-refractivity contribution in [3.63, 3.8) is 0 Å². The molecule has 192 valence electrons. The molecule has 5 nitrogen and oxygen atoms in total. The third-order valence-corrected chi connectivity index (χ3v) is 9.15. The number of allylic oxidation sites excluding steroid dienone is 1. The maximum atomic E-state index is 14.9. The van der Waals surface area contributed by atoms with Crippen molar-refractivity contribution in [3.8, 4) is 11.1 Å². The van der Waals surface area contributed by atoms with Crippen molar-refractivity contribution in [2.24, 2.45) is 5.41 Å². The first kappa shape index (κ1) is 25.2. The van der Waals surface area contributed by atoms with E-state index in [2.05, 4.69) is 72.9 Å². The fourth-order valence-corrected chi connectivity index (χ4v) is 6.40. The molecule has 1 atom stereocenters. The molecular weight excluding hydrogens is 487 g/mol. The van der Waals surface area contributed by atoms with Crippen LogP contribution in [0, 0.1) is 11.2 Å². The van der Waals surface area contributed by atoms with Crippen LogP contribution in [0.4, 0.5) is 10.1 Å². The minimum Gasteiger partial charge on any atom is -0.377 e. The number of anilines is 1. The van der Waals surface area contributed by atoms with Gasteiger partial charge in [0.1, 0.15) is 5.82 Å². The second-order valence-corrected chi connectivity index (χ2v) is 12.8. The molecule has 1 aliphatic carbocycles. The molecule has 2 aliphatic rings. The van der Waals surface area contributed by atoms with Gasteiger partial charge in [-0.3, -0.25) is 4.79 Å². The molecule has 1 fully saturated rings. The highest BCUT2D eigenvalue weighted by molar-refractivity contribution is 7.91. The lowest BCUT2D eigenvalue weighted by Gasteiger charge is -2.42. The fraction of sp³-hybridized carbons (Fsp3) is 0.300. The first-order valence-electron chi connectivity index (χ1n) is 12.5. The molecule has 0 saturated heterocycles.